The maximum absolute atomic E-state index is 2.67. The van der Waals surface area contributed by atoms with Gasteiger partial charge in [0, 0.05) is 11.8 Å². The predicted molar refractivity (Wildman–Crippen MR) is 168 cm³/mol. The van der Waals surface area contributed by atoms with Crippen LogP contribution in [-0.4, -0.2) is 0 Å². The van der Waals surface area contributed by atoms with Gasteiger partial charge in [-0.3, -0.25) is 0 Å². The van der Waals surface area contributed by atoms with E-state index in [1.807, 2.05) is 0 Å². The third-order valence-corrected chi connectivity index (χ3v) is 11.2. The van der Waals surface area contributed by atoms with Crippen molar-refractivity contribution in [2.45, 2.75) is 122 Å². The van der Waals surface area contributed by atoms with E-state index in [-0.39, 0.29) is 16.2 Å². The zero-order valence-corrected chi connectivity index (χ0v) is 25.7. The molecule has 4 aliphatic carbocycles. The molecule has 0 atom stereocenters. The van der Waals surface area contributed by atoms with Crippen molar-refractivity contribution in [2.24, 2.45) is 23.2 Å². The van der Waals surface area contributed by atoms with Gasteiger partial charge >= 0.3 is 0 Å². The molecule has 0 N–H and O–H groups in total. The highest BCUT2D eigenvalue weighted by Crippen LogP contribution is 2.67. The lowest BCUT2D eigenvalue weighted by Gasteiger charge is -2.56. The van der Waals surface area contributed by atoms with Crippen molar-refractivity contribution in [1.82, 2.24) is 0 Å². The fourth-order valence-corrected chi connectivity index (χ4v) is 9.24. The summed E-state index contributed by atoms with van der Waals surface area (Å²) >= 11 is 0. The molecule has 0 aliphatic heterocycles. The topological polar surface area (TPSA) is 0 Å². The van der Waals surface area contributed by atoms with Crippen LogP contribution >= 0.6 is 0 Å². The van der Waals surface area contributed by atoms with Crippen LogP contribution in [0.25, 0.3) is 11.1 Å². The lowest BCUT2D eigenvalue weighted by molar-refractivity contribution is -0.0165. The Labute approximate surface area is 239 Å². The molecule has 2 fully saturated rings. The molecule has 0 radical (unpaired) electrons. The normalized spacial score (nSPS) is 21.5. The molecule has 2 saturated carbocycles. The molecule has 0 bridgehead atoms. The molecule has 2 aromatic rings. The minimum absolute atomic E-state index is 0.149. The first-order valence-corrected chi connectivity index (χ1v) is 16.3. The Kier molecular flexibility index (Phi) is 7.01. The second-order valence-electron chi connectivity index (χ2n) is 15.5. The van der Waals surface area contributed by atoms with Crippen LogP contribution in [0.4, 0.5) is 0 Å². The quantitative estimate of drug-likeness (QED) is 0.376. The van der Waals surface area contributed by atoms with Crippen molar-refractivity contribution in [3.63, 3.8) is 0 Å². The van der Waals surface area contributed by atoms with Crippen molar-refractivity contribution in [1.29, 1.82) is 0 Å². The first kappa shape index (κ1) is 27.1. The Hall–Kier alpha value is -2.08. The summed E-state index contributed by atoms with van der Waals surface area (Å²) in [5, 5.41) is 0. The highest BCUT2D eigenvalue weighted by atomic mass is 14.6. The Morgan fingerprint density at radius 2 is 0.949 bits per heavy atom. The molecule has 6 rings (SSSR count). The molecule has 0 nitrogen and oxygen atoms in total. The number of allylic oxidation sites excluding steroid dienone is 4. The Morgan fingerprint density at radius 1 is 0.538 bits per heavy atom. The van der Waals surface area contributed by atoms with Gasteiger partial charge in [0.05, 0.1) is 0 Å². The summed E-state index contributed by atoms with van der Waals surface area (Å²) in [6, 6.07) is 15.2. The third-order valence-electron chi connectivity index (χ3n) is 11.2. The predicted octanol–water partition coefficient (Wildman–Crippen LogP) is 11.3. The molecular weight excluding hydrogens is 468 g/mol. The van der Waals surface area contributed by atoms with Crippen LogP contribution in [0.1, 0.15) is 134 Å². The zero-order valence-electron chi connectivity index (χ0n) is 25.7. The summed E-state index contributed by atoms with van der Waals surface area (Å²) in [6.07, 6.45) is 24.1. The molecule has 208 valence electrons. The first-order valence-electron chi connectivity index (χ1n) is 16.3. The molecule has 39 heavy (non-hydrogen) atoms. The summed E-state index contributed by atoms with van der Waals surface area (Å²) in [7, 11) is 0. The third kappa shape index (κ3) is 4.59. The summed E-state index contributed by atoms with van der Waals surface area (Å²) < 4.78 is 0. The largest absolute Gasteiger partial charge is 0.0770 e. The molecule has 0 heteroatoms. The van der Waals surface area contributed by atoms with E-state index < -0.39 is 0 Å². The molecule has 0 aromatic heterocycles. The van der Waals surface area contributed by atoms with E-state index in [1.165, 1.54) is 86.5 Å². The van der Waals surface area contributed by atoms with Crippen molar-refractivity contribution in [2.75, 3.05) is 0 Å². The monoisotopic (exact) mass is 520 g/mol. The van der Waals surface area contributed by atoms with E-state index >= 15 is 0 Å². The summed E-state index contributed by atoms with van der Waals surface area (Å²) in [5.41, 5.74) is 9.87. The van der Waals surface area contributed by atoms with Crippen molar-refractivity contribution in [3.8, 4) is 11.1 Å². The molecule has 0 heterocycles. The maximum Gasteiger partial charge on any atom is 0.0172 e. The van der Waals surface area contributed by atoms with Gasteiger partial charge in [-0.2, -0.15) is 0 Å². The van der Waals surface area contributed by atoms with Crippen LogP contribution in [0.2, 0.25) is 0 Å². The average Bonchev–Trinajstić information content (AvgIpc) is 3.57. The van der Waals surface area contributed by atoms with Gasteiger partial charge in [0.2, 0.25) is 0 Å². The maximum atomic E-state index is 2.67. The van der Waals surface area contributed by atoms with Gasteiger partial charge in [0.1, 0.15) is 0 Å². The highest BCUT2D eigenvalue weighted by Gasteiger charge is 2.57. The fourth-order valence-electron chi connectivity index (χ4n) is 9.24. The Balaban J connectivity index is 1.66. The van der Waals surface area contributed by atoms with Crippen LogP contribution in [-0.2, 0) is 10.8 Å². The number of benzene rings is 2. The minimum Gasteiger partial charge on any atom is -0.0770 e. The molecule has 2 aromatic carbocycles. The van der Waals surface area contributed by atoms with Crippen molar-refractivity contribution in [3.05, 3.63) is 83.0 Å². The lowest BCUT2D eigenvalue weighted by Crippen LogP contribution is -2.49. The standard InChI is InChI=1S/C39H52/c1-37(2,3)30-21-23-32-33-24-22-31(38(4,5)6)26-35(33)36(34(32)25-30)39(29-19-13-14-20-29,27-15-9-7-10-16-27)28-17-11-8-12-18-28/h13-14,19-29,36H,7-12,15-18H2,1-6H3. The van der Waals surface area contributed by atoms with Crippen LogP contribution in [0, 0.1) is 23.2 Å². The van der Waals surface area contributed by atoms with Crippen molar-refractivity contribution >= 4 is 0 Å². The molecular formula is C39H52. The zero-order chi connectivity index (χ0) is 27.4. The molecule has 0 saturated heterocycles. The van der Waals surface area contributed by atoms with E-state index in [0.717, 1.165) is 11.8 Å². The SMILES string of the molecule is CC(C)(C)c1ccc2c(c1)C(C(C1C=CC=C1)(C1CCCCC1)C1CCCCC1)c1cc(C(C)(C)C)ccc1-2. The smallest absolute Gasteiger partial charge is 0.0172 e. The number of fused-ring (bicyclic) bond motifs is 3. The second-order valence-corrected chi connectivity index (χ2v) is 15.5. The van der Waals surface area contributed by atoms with Crippen molar-refractivity contribution < 1.29 is 0 Å². The van der Waals surface area contributed by atoms with E-state index in [4.69, 9.17) is 0 Å². The number of hydrogen-bond acceptors (Lipinski definition) is 0. The average molecular weight is 521 g/mol. The van der Waals surface area contributed by atoms with E-state index in [2.05, 4.69) is 102 Å². The Morgan fingerprint density at radius 3 is 1.33 bits per heavy atom. The second kappa shape index (κ2) is 10.1. The van der Waals surface area contributed by atoms with Gasteiger partial charge in [-0.1, -0.05) is 141 Å². The Bertz CT molecular complexity index is 1150. The van der Waals surface area contributed by atoms with Gasteiger partial charge in [-0.25, -0.2) is 0 Å². The van der Waals surface area contributed by atoms with Gasteiger partial charge < -0.3 is 0 Å². The van der Waals surface area contributed by atoms with Crippen LogP contribution in [0.3, 0.4) is 0 Å². The van der Waals surface area contributed by atoms with Crippen LogP contribution in [0.5, 0.6) is 0 Å². The van der Waals surface area contributed by atoms with Gasteiger partial charge in [-0.05, 0) is 87.1 Å². The number of rotatable bonds is 4. The highest BCUT2D eigenvalue weighted by molar-refractivity contribution is 5.80. The molecule has 0 amide bonds. The summed E-state index contributed by atoms with van der Waals surface area (Å²) in [5.74, 6) is 2.57. The minimum atomic E-state index is 0.149. The summed E-state index contributed by atoms with van der Waals surface area (Å²) in [4.78, 5) is 0. The lowest BCUT2D eigenvalue weighted by atomic mass is 9.47. The first-order chi connectivity index (χ1) is 18.6. The molecule has 0 unspecified atom stereocenters. The fraction of sp³-hybridized carbons (Fsp3) is 0.590. The molecule has 0 spiro atoms. The summed E-state index contributed by atoms with van der Waals surface area (Å²) in [6.45, 7) is 14.3. The molecule has 4 aliphatic rings. The van der Waals surface area contributed by atoms with E-state index in [1.54, 1.807) is 11.1 Å². The van der Waals surface area contributed by atoms with E-state index in [9.17, 15) is 0 Å². The van der Waals surface area contributed by atoms with Crippen LogP contribution < -0.4 is 0 Å². The van der Waals surface area contributed by atoms with Gasteiger partial charge in [-0.15, -0.1) is 0 Å². The van der Waals surface area contributed by atoms with E-state index in [0.29, 0.717) is 11.8 Å². The van der Waals surface area contributed by atoms with Crippen LogP contribution in [0.15, 0.2) is 60.7 Å². The number of hydrogen-bond donors (Lipinski definition) is 0. The van der Waals surface area contributed by atoms with Gasteiger partial charge in [0.15, 0.2) is 0 Å². The van der Waals surface area contributed by atoms with Gasteiger partial charge in [0.25, 0.3) is 0 Å².